The van der Waals surface area contributed by atoms with Crippen LogP contribution in [-0.4, -0.2) is 34.8 Å². The minimum Gasteiger partial charge on any atom is -0.481 e. The maximum Gasteiger partial charge on any atom is 0.312 e. The topological polar surface area (TPSA) is 104 Å². The van der Waals surface area contributed by atoms with E-state index in [4.69, 9.17) is 11.6 Å². The Balaban J connectivity index is 1.46. The van der Waals surface area contributed by atoms with E-state index in [1.165, 1.54) is 36.4 Å². The summed E-state index contributed by atoms with van der Waals surface area (Å²) in [6.07, 6.45) is 4.32. The third-order valence-corrected chi connectivity index (χ3v) is 6.65. The lowest BCUT2D eigenvalue weighted by atomic mass is 9.94. The molecule has 1 aliphatic carbocycles. The number of anilines is 1. The molecule has 3 aromatic carbocycles. The number of amides is 3. The van der Waals surface area contributed by atoms with Gasteiger partial charge >= 0.3 is 5.97 Å². The molecule has 7 nitrogen and oxygen atoms in total. The Hall–Kier alpha value is -4.49. The van der Waals surface area contributed by atoms with E-state index < -0.39 is 35.7 Å². The first-order valence-electron chi connectivity index (χ1n) is 11.5. The molecule has 1 aliphatic heterocycles. The zero-order valence-electron chi connectivity index (χ0n) is 19.6. The van der Waals surface area contributed by atoms with Crippen molar-refractivity contribution in [2.75, 3.05) is 4.90 Å². The molecule has 8 heteroatoms. The van der Waals surface area contributed by atoms with Crippen LogP contribution in [0, 0.1) is 12.8 Å². The van der Waals surface area contributed by atoms with Crippen molar-refractivity contribution in [3.05, 3.63) is 112 Å². The van der Waals surface area contributed by atoms with Gasteiger partial charge in [-0.2, -0.15) is 0 Å². The predicted octanol–water partition coefficient (Wildman–Crippen LogP) is 4.95. The number of carboxylic acid groups (broad SMARTS) is 1. The van der Waals surface area contributed by atoms with Crippen molar-refractivity contribution in [3.63, 3.8) is 0 Å². The number of carbonyl (C=O) groups excluding carboxylic acids is 3. The van der Waals surface area contributed by atoms with Crippen LogP contribution in [-0.2, 0) is 4.79 Å². The molecule has 5 rings (SSSR count). The predicted molar refractivity (Wildman–Crippen MR) is 140 cm³/mol. The van der Waals surface area contributed by atoms with Crippen molar-refractivity contribution in [1.82, 2.24) is 5.32 Å². The fourth-order valence-electron chi connectivity index (χ4n) is 4.54. The Kier molecular flexibility index (Phi) is 6.23. The molecule has 0 aromatic heterocycles. The number of aliphatic carboxylic acids is 1. The molecule has 3 amide bonds. The maximum absolute atomic E-state index is 13.5. The van der Waals surface area contributed by atoms with Crippen molar-refractivity contribution in [2.45, 2.75) is 13.0 Å². The third-order valence-electron chi connectivity index (χ3n) is 6.40. The van der Waals surface area contributed by atoms with E-state index in [2.05, 4.69) is 5.32 Å². The van der Waals surface area contributed by atoms with Gasteiger partial charge in [0.25, 0.3) is 17.7 Å². The summed E-state index contributed by atoms with van der Waals surface area (Å²) < 4.78 is 0. The van der Waals surface area contributed by atoms with Gasteiger partial charge in [-0.1, -0.05) is 59.6 Å². The van der Waals surface area contributed by atoms with Crippen molar-refractivity contribution in [1.29, 1.82) is 0 Å². The summed E-state index contributed by atoms with van der Waals surface area (Å²) in [7, 11) is 0. The second-order valence-electron chi connectivity index (χ2n) is 8.87. The summed E-state index contributed by atoms with van der Waals surface area (Å²) in [4.78, 5) is 52.5. The van der Waals surface area contributed by atoms with Crippen LogP contribution < -0.4 is 10.2 Å². The molecule has 2 unspecified atom stereocenters. The number of imide groups is 1. The van der Waals surface area contributed by atoms with Gasteiger partial charge < -0.3 is 10.4 Å². The van der Waals surface area contributed by atoms with Crippen molar-refractivity contribution < 1.29 is 24.3 Å². The zero-order chi connectivity index (χ0) is 26.3. The summed E-state index contributed by atoms with van der Waals surface area (Å²) in [6, 6.07) is 18.3. The fourth-order valence-corrected chi connectivity index (χ4v) is 4.75. The maximum atomic E-state index is 13.5. The van der Waals surface area contributed by atoms with Gasteiger partial charge in [0.1, 0.15) is 0 Å². The second-order valence-corrected chi connectivity index (χ2v) is 9.30. The van der Waals surface area contributed by atoms with E-state index in [9.17, 15) is 24.3 Å². The Labute approximate surface area is 217 Å². The smallest absolute Gasteiger partial charge is 0.312 e. The van der Waals surface area contributed by atoms with Crippen LogP contribution in [0.1, 0.15) is 36.6 Å². The standard InChI is InChI=1S/C29H21ClN2O5/c1-16-7-12-25(22(13-16)17-5-3-2-4-6-17)32-27(34)20-10-8-18(14-23(20)28(32)35)26(33)31-24-15-19(30)9-11-21(24)29(36)37/h2-15,21,24H,1H3,(H,31,33)(H,36,37). The van der Waals surface area contributed by atoms with E-state index in [1.54, 1.807) is 6.07 Å². The highest BCUT2D eigenvalue weighted by molar-refractivity contribution is 6.35. The minimum absolute atomic E-state index is 0.101. The average Bonchev–Trinajstić information content (AvgIpc) is 3.13. The Morgan fingerprint density at radius 1 is 0.919 bits per heavy atom. The molecule has 0 radical (unpaired) electrons. The van der Waals surface area contributed by atoms with Gasteiger partial charge in [-0.05, 0) is 55.0 Å². The van der Waals surface area contributed by atoms with Gasteiger partial charge in [-0.25, -0.2) is 4.90 Å². The van der Waals surface area contributed by atoms with E-state index in [0.717, 1.165) is 21.6 Å². The van der Waals surface area contributed by atoms with Crippen LogP contribution >= 0.6 is 11.6 Å². The number of rotatable bonds is 5. The molecule has 0 saturated heterocycles. The minimum atomic E-state index is -1.11. The number of carboxylic acids is 1. The molecule has 2 N–H and O–H groups in total. The number of aryl methyl sites for hydroxylation is 1. The largest absolute Gasteiger partial charge is 0.481 e. The molecule has 0 saturated carbocycles. The molecular weight excluding hydrogens is 492 g/mol. The number of halogens is 1. The van der Waals surface area contributed by atoms with Crippen molar-refractivity contribution in [3.8, 4) is 11.1 Å². The van der Waals surface area contributed by atoms with E-state index >= 15 is 0 Å². The number of hydrogen-bond donors (Lipinski definition) is 2. The van der Waals surface area contributed by atoms with Crippen molar-refractivity contribution >= 4 is 41.0 Å². The van der Waals surface area contributed by atoms with Crippen LogP contribution in [0.2, 0.25) is 0 Å². The number of nitrogens with one attached hydrogen (secondary N) is 1. The number of carbonyl (C=O) groups is 4. The monoisotopic (exact) mass is 512 g/mol. The normalized spacial score (nSPS) is 18.4. The summed E-state index contributed by atoms with van der Waals surface area (Å²) in [5.74, 6) is -3.71. The fraction of sp³-hybridized carbons (Fsp3) is 0.103. The number of hydrogen-bond acceptors (Lipinski definition) is 4. The number of benzene rings is 3. The van der Waals surface area contributed by atoms with E-state index in [-0.39, 0.29) is 16.7 Å². The lowest BCUT2D eigenvalue weighted by Gasteiger charge is -2.23. The van der Waals surface area contributed by atoms with Gasteiger partial charge in [0, 0.05) is 16.2 Å². The summed E-state index contributed by atoms with van der Waals surface area (Å²) in [6.45, 7) is 1.93. The Bertz CT molecular complexity index is 1530. The molecule has 2 atom stereocenters. The Morgan fingerprint density at radius 3 is 2.38 bits per heavy atom. The summed E-state index contributed by atoms with van der Waals surface area (Å²) >= 11 is 6.01. The first-order chi connectivity index (χ1) is 17.7. The van der Waals surface area contributed by atoms with E-state index in [1.807, 2.05) is 49.4 Å². The molecule has 0 fully saturated rings. The molecule has 2 aliphatic rings. The molecular formula is C29H21ClN2O5. The number of fused-ring (bicyclic) bond motifs is 1. The number of allylic oxidation sites excluding steroid dienone is 2. The first-order valence-corrected chi connectivity index (χ1v) is 11.9. The lowest BCUT2D eigenvalue weighted by molar-refractivity contribution is -0.140. The molecule has 0 spiro atoms. The number of nitrogens with zero attached hydrogens (tertiary/aromatic N) is 1. The van der Waals surface area contributed by atoms with Gasteiger partial charge in [0.15, 0.2) is 0 Å². The summed E-state index contributed by atoms with van der Waals surface area (Å²) in [5, 5.41) is 12.4. The first kappa shape index (κ1) is 24.2. The van der Waals surface area contributed by atoms with E-state index in [0.29, 0.717) is 10.7 Å². The van der Waals surface area contributed by atoms with Gasteiger partial charge in [-0.15, -0.1) is 0 Å². The summed E-state index contributed by atoms with van der Waals surface area (Å²) in [5.41, 5.74) is 3.44. The molecule has 184 valence electrons. The van der Waals surface area contributed by atoms with Crippen molar-refractivity contribution in [2.24, 2.45) is 5.92 Å². The van der Waals surface area contributed by atoms with Gasteiger partial charge in [0.05, 0.1) is 28.8 Å². The molecule has 1 heterocycles. The quantitative estimate of drug-likeness (QED) is 0.470. The van der Waals surface area contributed by atoms with Crippen LogP contribution in [0.25, 0.3) is 11.1 Å². The molecule has 37 heavy (non-hydrogen) atoms. The molecule has 3 aromatic rings. The lowest BCUT2D eigenvalue weighted by Crippen LogP contribution is -2.42. The second kappa shape index (κ2) is 9.52. The van der Waals surface area contributed by atoms with Crippen LogP contribution in [0.4, 0.5) is 5.69 Å². The van der Waals surface area contributed by atoms with Gasteiger partial charge in [-0.3, -0.25) is 19.2 Å². The SMILES string of the molecule is Cc1ccc(N2C(=O)c3ccc(C(=O)NC4C=C(Cl)C=CC4C(=O)O)cc3C2=O)c(-c2ccccc2)c1. The van der Waals surface area contributed by atoms with Crippen LogP contribution in [0.15, 0.2) is 90.0 Å². The highest BCUT2D eigenvalue weighted by Crippen LogP contribution is 2.37. The zero-order valence-corrected chi connectivity index (χ0v) is 20.4. The van der Waals surface area contributed by atoms with Gasteiger partial charge in [0.2, 0.25) is 0 Å². The average molecular weight is 513 g/mol. The third kappa shape index (κ3) is 4.45. The Morgan fingerprint density at radius 2 is 1.65 bits per heavy atom. The highest BCUT2D eigenvalue weighted by Gasteiger charge is 2.38. The molecule has 0 bridgehead atoms. The van der Waals surface area contributed by atoms with Crippen LogP contribution in [0.5, 0.6) is 0 Å². The van der Waals surface area contributed by atoms with Crippen LogP contribution in [0.3, 0.4) is 0 Å². The highest BCUT2D eigenvalue weighted by atomic mass is 35.5.